The summed E-state index contributed by atoms with van der Waals surface area (Å²) in [5.41, 5.74) is 0.901. The van der Waals surface area contributed by atoms with Crippen LogP contribution in [0, 0.1) is 15.9 Å². The molecule has 0 bridgehead atoms. The van der Waals surface area contributed by atoms with E-state index >= 15 is 0 Å². The summed E-state index contributed by atoms with van der Waals surface area (Å²) in [5, 5.41) is 11.5. The number of nitro groups is 1. The van der Waals surface area contributed by atoms with Gasteiger partial charge in [0.15, 0.2) is 5.78 Å². The Morgan fingerprint density at radius 2 is 1.70 bits per heavy atom. The number of ether oxygens (including phenoxy) is 1. The molecule has 1 saturated heterocycles. The van der Waals surface area contributed by atoms with E-state index in [0.29, 0.717) is 17.7 Å². The number of anilines is 1. The molecule has 2 aromatic rings. The molecule has 0 radical (unpaired) electrons. The van der Waals surface area contributed by atoms with E-state index in [1.807, 2.05) is 4.90 Å². The molecule has 3 rings (SSSR count). The molecule has 30 heavy (non-hydrogen) atoms. The summed E-state index contributed by atoms with van der Waals surface area (Å²) in [6.45, 7) is 1.52. The molecule has 0 N–H and O–H groups in total. The Hall–Kier alpha value is -3.29. The van der Waals surface area contributed by atoms with Crippen molar-refractivity contribution in [1.29, 1.82) is 0 Å². The smallest absolute Gasteiger partial charge is 0.338 e. The minimum atomic E-state index is -0.669. The lowest BCUT2D eigenvalue weighted by molar-refractivity contribution is -0.384. The first-order valence-corrected chi connectivity index (χ1v) is 9.95. The number of Topliss-reactive ketones (excluding diaryl/α,β-unsaturated/α-hetero) is 1. The van der Waals surface area contributed by atoms with Gasteiger partial charge in [0.05, 0.1) is 17.1 Å². The van der Waals surface area contributed by atoms with Gasteiger partial charge in [0.1, 0.15) is 11.5 Å². The second-order valence-corrected chi connectivity index (χ2v) is 7.18. The fraction of sp³-hybridized carbons (Fsp3) is 0.364. The Morgan fingerprint density at radius 3 is 2.37 bits per heavy atom. The van der Waals surface area contributed by atoms with E-state index in [1.165, 1.54) is 36.4 Å². The number of benzene rings is 2. The molecule has 8 heteroatoms. The molecule has 1 heterocycles. The average Bonchev–Trinajstić information content (AvgIpc) is 2.77. The van der Waals surface area contributed by atoms with Crippen LogP contribution >= 0.6 is 0 Å². The first-order valence-electron chi connectivity index (χ1n) is 9.95. The Kier molecular flexibility index (Phi) is 7.11. The van der Waals surface area contributed by atoms with Crippen LogP contribution in [-0.4, -0.2) is 36.4 Å². The van der Waals surface area contributed by atoms with Crippen LogP contribution in [0.4, 0.5) is 15.8 Å². The molecule has 0 aromatic heterocycles. The summed E-state index contributed by atoms with van der Waals surface area (Å²) < 4.78 is 18.1. The van der Waals surface area contributed by atoms with Crippen LogP contribution in [0.15, 0.2) is 42.5 Å². The monoisotopic (exact) mass is 414 g/mol. The van der Waals surface area contributed by atoms with Crippen molar-refractivity contribution in [1.82, 2.24) is 0 Å². The van der Waals surface area contributed by atoms with E-state index in [9.17, 15) is 24.1 Å². The molecule has 158 valence electrons. The number of nitro benzene ring substituents is 1. The molecule has 0 saturated carbocycles. The molecular formula is C22H23FN2O5. The maximum Gasteiger partial charge on any atom is 0.338 e. The number of carbonyl (C=O) groups is 2. The highest BCUT2D eigenvalue weighted by molar-refractivity contribution is 5.96. The standard InChI is InChI=1S/C22H23FN2O5/c23-18-9-6-16(7-10-18)21(26)5-4-14-30-22(27)17-8-11-19(20(15-17)25(28)29)24-12-2-1-3-13-24/h6-11,15H,1-5,12-14H2. The molecule has 1 aliphatic rings. The summed E-state index contributed by atoms with van der Waals surface area (Å²) in [5.74, 6) is -1.26. The molecule has 0 amide bonds. The SMILES string of the molecule is O=C(CCCOC(=O)c1ccc(N2CCCCC2)c([N+](=O)[O-])c1)c1ccc(F)cc1. The van der Waals surface area contributed by atoms with E-state index < -0.39 is 16.7 Å². The summed E-state index contributed by atoms with van der Waals surface area (Å²) in [6, 6.07) is 9.62. The number of rotatable bonds is 8. The van der Waals surface area contributed by atoms with Crippen molar-refractivity contribution in [2.24, 2.45) is 0 Å². The molecule has 0 unspecified atom stereocenters. The van der Waals surface area contributed by atoms with E-state index in [2.05, 4.69) is 0 Å². The zero-order valence-electron chi connectivity index (χ0n) is 16.5. The Morgan fingerprint density at radius 1 is 1.03 bits per heavy atom. The number of esters is 1. The minimum Gasteiger partial charge on any atom is -0.462 e. The molecule has 0 aliphatic carbocycles. The van der Waals surface area contributed by atoms with Crippen molar-refractivity contribution >= 4 is 23.1 Å². The largest absolute Gasteiger partial charge is 0.462 e. The van der Waals surface area contributed by atoms with Gasteiger partial charge < -0.3 is 9.64 Å². The maximum absolute atomic E-state index is 12.9. The van der Waals surface area contributed by atoms with Gasteiger partial charge >= 0.3 is 5.97 Å². The van der Waals surface area contributed by atoms with Gasteiger partial charge in [-0.3, -0.25) is 14.9 Å². The average molecular weight is 414 g/mol. The van der Waals surface area contributed by atoms with Crippen LogP contribution in [-0.2, 0) is 4.74 Å². The van der Waals surface area contributed by atoms with Gasteiger partial charge in [-0.1, -0.05) is 0 Å². The summed E-state index contributed by atoms with van der Waals surface area (Å²) >= 11 is 0. The lowest BCUT2D eigenvalue weighted by atomic mass is 10.1. The highest BCUT2D eigenvalue weighted by atomic mass is 19.1. The first-order chi connectivity index (χ1) is 14.5. The highest BCUT2D eigenvalue weighted by Gasteiger charge is 2.23. The molecular weight excluding hydrogens is 391 g/mol. The molecule has 1 fully saturated rings. The lowest BCUT2D eigenvalue weighted by Gasteiger charge is -2.28. The number of hydrogen-bond donors (Lipinski definition) is 0. The van der Waals surface area contributed by atoms with Crippen LogP contribution in [0.2, 0.25) is 0 Å². The third-order valence-electron chi connectivity index (χ3n) is 5.05. The second-order valence-electron chi connectivity index (χ2n) is 7.18. The summed E-state index contributed by atoms with van der Waals surface area (Å²) in [6.07, 6.45) is 3.52. The van der Waals surface area contributed by atoms with Crippen molar-refractivity contribution in [3.05, 3.63) is 69.5 Å². The first kappa shape index (κ1) is 21.4. The van der Waals surface area contributed by atoms with Crippen LogP contribution in [0.25, 0.3) is 0 Å². The Labute approximate surface area is 173 Å². The van der Waals surface area contributed by atoms with Gasteiger partial charge in [0.2, 0.25) is 0 Å². The van der Waals surface area contributed by atoms with Crippen molar-refractivity contribution in [3.63, 3.8) is 0 Å². The van der Waals surface area contributed by atoms with E-state index in [0.717, 1.165) is 32.4 Å². The Bertz CT molecular complexity index is 924. The van der Waals surface area contributed by atoms with Crippen LogP contribution < -0.4 is 4.90 Å². The molecule has 1 aliphatic heterocycles. The maximum atomic E-state index is 12.9. The number of piperidine rings is 1. The normalized spacial score (nSPS) is 13.7. The van der Waals surface area contributed by atoms with Crippen LogP contribution in [0.1, 0.15) is 52.8 Å². The minimum absolute atomic E-state index is 0.00738. The predicted molar refractivity (Wildman–Crippen MR) is 109 cm³/mol. The number of halogens is 1. The summed E-state index contributed by atoms with van der Waals surface area (Å²) in [7, 11) is 0. The van der Waals surface area contributed by atoms with Crippen LogP contribution in [0.5, 0.6) is 0 Å². The number of hydrogen-bond acceptors (Lipinski definition) is 6. The van der Waals surface area contributed by atoms with Gasteiger partial charge in [0, 0.05) is 31.1 Å². The Balaban J connectivity index is 1.55. The summed E-state index contributed by atoms with van der Waals surface area (Å²) in [4.78, 5) is 37.3. The molecule has 2 aromatic carbocycles. The van der Waals surface area contributed by atoms with Gasteiger partial charge in [-0.2, -0.15) is 0 Å². The highest BCUT2D eigenvalue weighted by Crippen LogP contribution is 2.31. The van der Waals surface area contributed by atoms with E-state index in [-0.39, 0.29) is 30.1 Å². The van der Waals surface area contributed by atoms with Crippen LogP contribution in [0.3, 0.4) is 0 Å². The second kappa shape index (κ2) is 9.96. The fourth-order valence-corrected chi connectivity index (χ4v) is 3.46. The molecule has 7 nitrogen and oxygen atoms in total. The zero-order chi connectivity index (χ0) is 21.5. The van der Waals surface area contributed by atoms with Gasteiger partial charge in [-0.25, -0.2) is 9.18 Å². The van der Waals surface area contributed by atoms with Crippen molar-refractivity contribution in [2.75, 3.05) is 24.6 Å². The van der Waals surface area contributed by atoms with Gasteiger partial charge in [-0.05, 0) is 62.1 Å². The molecule has 0 spiro atoms. The van der Waals surface area contributed by atoms with Crippen molar-refractivity contribution < 1.29 is 23.6 Å². The zero-order valence-corrected chi connectivity index (χ0v) is 16.5. The van der Waals surface area contributed by atoms with E-state index in [4.69, 9.17) is 4.74 Å². The van der Waals surface area contributed by atoms with Crippen molar-refractivity contribution in [3.8, 4) is 0 Å². The lowest BCUT2D eigenvalue weighted by Crippen LogP contribution is -2.30. The number of nitrogens with zero attached hydrogens (tertiary/aromatic N) is 2. The fourth-order valence-electron chi connectivity index (χ4n) is 3.46. The van der Waals surface area contributed by atoms with Crippen molar-refractivity contribution in [2.45, 2.75) is 32.1 Å². The number of ketones is 1. The topological polar surface area (TPSA) is 89.8 Å². The number of carbonyl (C=O) groups excluding carboxylic acids is 2. The quantitative estimate of drug-likeness (QED) is 0.207. The van der Waals surface area contributed by atoms with Gasteiger partial charge in [0.25, 0.3) is 5.69 Å². The van der Waals surface area contributed by atoms with Gasteiger partial charge in [-0.15, -0.1) is 0 Å². The third kappa shape index (κ3) is 5.40. The third-order valence-corrected chi connectivity index (χ3v) is 5.05. The molecule has 0 atom stereocenters. The van der Waals surface area contributed by atoms with E-state index in [1.54, 1.807) is 6.07 Å². The predicted octanol–water partition coefficient (Wildman–Crippen LogP) is 4.54.